The summed E-state index contributed by atoms with van der Waals surface area (Å²) in [6.07, 6.45) is -2.19. The molecule has 122 valence electrons. The van der Waals surface area contributed by atoms with Crippen LogP contribution < -0.4 is 4.90 Å². The Kier molecular flexibility index (Phi) is 4.33. The Bertz CT molecular complexity index is 644. The molecule has 0 radical (unpaired) electrons. The van der Waals surface area contributed by atoms with Crippen LogP contribution >= 0.6 is 0 Å². The molecule has 3 rings (SSSR count). The minimum atomic E-state index is -4.26. The number of benzene rings is 2. The van der Waals surface area contributed by atoms with E-state index in [2.05, 4.69) is 36.1 Å². The third-order valence-corrected chi connectivity index (χ3v) is 4.53. The van der Waals surface area contributed by atoms with Crippen molar-refractivity contribution < 1.29 is 13.2 Å². The Morgan fingerprint density at radius 2 is 1.61 bits per heavy atom. The van der Waals surface area contributed by atoms with Crippen molar-refractivity contribution >= 4 is 5.69 Å². The monoisotopic (exact) mass is 319 g/mol. The highest BCUT2D eigenvalue weighted by Crippen LogP contribution is 2.33. The quantitative estimate of drug-likeness (QED) is 0.716. The van der Waals surface area contributed by atoms with Gasteiger partial charge in [0.2, 0.25) is 0 Å². The summed E-state index contributed by atoms with van der Waals surface area (Å²) in [6.45, 7) is 3.92. The third kappa shape index (κ3) is 3.69. The van der Waals surface area contributed by atoms with Crippen molar-refractivity contribution in [3.63, 3.8) is 0 Å². The number of aryl methyl sites for hydroxylation is 1. The van der Waals surface area contributed by atoms with Gasteiger partial charge >= 0.3 is 6.18 Å². The first-order valence-corrected chi connectivity index (χ1v) is 7.92. The average molecular weight is 319 g/mol. The first kappa shape index (κ1) is 15.9. The van der Waals surface area contributed by atoms with E-state index in [1.165, 1.54) is 23.4 Å². The standard InChI is InChI=1S/C19H20F3N/c1-14-4-10-18(11-5-14)23-12-2-3-16(13-23)15-6-8-17(9-7-15)19(20,21)22/h4-11,16H,2-3,12-13H2,1H3. The Labute approximate surface area is 134 Å². The summed E-state index contributed by atoms with van der Waals surface area (Å²) < 4.78 is 38.0. The summed E-state index contributed by atoms with van der Waals surface area (Å²) in [4.78, 5) is 2.32. The molecule has 1 aliphatic rings. The van der Waals surface area contributed by atoms with Crippen molar-refractivity contribution in [1.29, 1.82) is 0 Å². The van der Waals surface area contributed by atoms with Gasteiger partial charge in [0.05, 0.1) is 5.56 Å². The molecule has 0 amide bonds. The Morgan fingerprint density at radius 3 is 2.22 bits per heavy atom. The van der Waals surface area contributed by atoms with Crippen LogP contribution in [0.5, 0.6) is 0 Å². The Morgan fingerprint density at radius 1 is 0.957 bits per heavy atom. The second kappa shape index (κ2) is 6.26. The molecule has 0 N–H and O–H groups in total. The van der Waals surface area contributed by atoms with Crippen LogP contribution in [0.4, 0.5) is 18.9 Å². The first-order chi connectivity index (χ1) is 10.9. The van der Waals surface area contributed by atoms with Gasteiger partial charge in [-0.15, -0.1) is 0 Å². The lowest BCUT2D eigenvalue weighted by Gasteiger charge is -2.35. The van der Waals surface area contributed by atoms with Gasteiger partial charge in [-0.3, -0.25) is 0 Å². The number of halogens is 3. The smallest absolute Gasteiger partial charge is 0.371 e. The molecule has 1 heterocycles. The molecule has 1 saturated heterocycles. The number of hydrogen-bond acceptors (Lipinski definition) is 1. The van der Waals surface area contributed by atoms with Gasteiger partial charge in [-0.1, -0.05) is 29.8 Å². The number of rotatable bonds is 2. The van der Waals surface area contributed by atoms with Gasteiger partial charge in [0.25, 0.3) is 0 Å². The van der Waals surface area contributed by atoms with E-state index >= 15 is 0 Å². The summed E-state index contributed by atoms with van der Waals surface area (Å²) >= 11 is 0. The van der Waals surface area contributed by atoms with Crippen molar-refractivity contribution in [2.24, 2.45) is 0 Å². The second-order valence-electron chi connectivity index (χ2n) is 6.24. The van der Waals surface area contributed by atoms with E-state index in [9.17, 15) is 13.2 Å². The van der Waals surface area contributed by atoms with Crippen LogP contribution in [-0.4, -0.2) is 13.1 Å². The molecule has 4 heteroatoms. The summed E-state index contributed by atoms with van der Waals surface area (Å²) in [5.41, 5.74) is 2.83. The fraction of sp³-hybridized carbons (Fsp3) is 0.368. The highest BCUT2D eigenvalue weighted by Gasteiger charge is 2.30. The molecule has 0 aromatic heterocycles. The fourth-order valence-electron chi connectivity index (χ4n) is 3.18. The molecular formula is C19H20F3N. The van der Waals surface area contributed by atoms with Crippen molar-refractivity contribution in [2.75, 3.05) is 18.0 Å². The topological polar surface area (TPSA) is 3.24 Å². The van der Waals surface area contributed by atoms with E-state index < -0.39 is 11.7 Å². The predicted octanol–water partition coefficient (Wildman–Crippen LogP) is 5.40. The minimum absolute atomic E-state index is 0.285. The molecule has 1 fully saturated rings. The van der Waals surface area contributed by atoms with E-state index in [1.807, 2.05) is 0 Å². The summed E-state index contributed by atoms with van der Waals surface area (Å²) in [5, 5.41) is 0. The number of alkyl halides is 3. The molecule has 0 aliphatic carbocycles. The number of piperidine rings is 1. The van der Waals surface area contributed by atoms with Crippen LogP contribution in [0.1, 0.15) is 35.4 Å². The van der Waals surface area contributed by atoms with Crippen molar-refractivity contribution in [3.05, 3.63) is 65.2 Å². The number of anilines is 1. The molecule has 0 saturated carbocycles. The van der Waals surface area contributed by atoms with E-state index in [0.717, 1.165) is 31.5 Å². The molecule has 2 aromatic carbocycles. The molecular weight excluding hydrogens is 299 g/mol. The van der Waals surface area contributed by atoms with Gasteiger partial charge in [0.1, 0.15) is 0 Å². The minimum Gasteiger partial charge on any atom is -0.371 e. The number of nitrogens with zero attached hydrogens (tertiary/aromatic N) is 1. The van der Waals surface area contributed by atoms with Crippen molar-refractivity contribution in [3.8, 4) is 0 Å². The molecule has 1 nitrogen and oxygen atoms in total. The second-order valence-corrected chi connectivity index (χ2v) is 6.24. The van der Waals surface area contributed by atoms with Gasteiger partial charge in [0, 0.05) is 24.7 Å². The first-order valence-electron chi connectivity index (χ1n) is 7.92. The predicted molar refractivity (Wildman–Crippen MR) is 86.8 cm³/mol. The van der Waals surface area contributed by atoms with E-state index in [0.29, 0.717) is 0 Å². The highest BCUT2D eigenvalue weighted by molar-refractivity contribution is 5.48. The Hall–Kier alpha value is -1.97. The average Bonchev–Trinajstić information content (AvgIpc) is 2.55. The fourth-order valence-corrected chi connectivity index (χ4v) is 3.18. The van der Waals surface area contributed by atoms with Crippen LogP contribution in [0.15, 0.2) is 48.5 Å². The van der Waals surface area contributed by atoms with E-state index in [4.69, 9.17) is 0 Å². The lowest BCUT2D eigenvalue weighted by Crippen LogP contribution is -2.34. The molecule has 2 aromatic rings. The zero-order valence-electron chi connectivity index (χ0n) is 13.1. The van der Waals surface area contributed by atoms with Crippen LogP contribution in [0.3, 0.4) is 0 Å². The maximum absolute atomic E-state index is 12.7. The summed E-state index contributed by atoms with van der Waals surface area (Å²) in [5.74, 6) is 0.285. The molecule has 0 bridgehead atoms. The molecule has 1 unspecified atom stereocenters. The van der Waals surface area contributed by atoms with Gasteiger partial charge in [-0.25, -0.2) is 0 Å². The normalized spacial score (nSPS) is 19.0. The summed E-state index contributed by atoms with van der Waals surface area (Å²) in [7, 11) is 0. The zero-order valence-corrected chi connectivity index (χ0v) is 13.1. The summed E-state index contributed by atoms with van der Waals surface area (Å²) in [6, 6.07) is 14.1. The number of hydrogen-bond donors (Lipinski definition) is 0. The lowest BCUT2D eigenvalue weighted by atomic mass is 9.90. The van der Waals surface area contributed by atoms with Crippen LogP contribution in [0.25, 0.3) is 0 Å². The third-order valence-electron chi connectivity index (χ3n) is 4.53. The Balaban J connectivity index is 1.74. The largest absolute Gasteiger partial charge is 0.416 e. The van der Waals surface area contributed by atoms with Crippen LogP contribution in [-0.2, 0) is 6.18 Å². The lowest BCUT2D eigenvalue weighted by molar-refractivity contribution is -0.137. The zero-order chi connectivity index (χ0) is 16.4. The molecule has 1 atom stereocenters. The van der Waals surface area contributed by atoms with E-state index in [1.54, 1.807) is 12.1 Å². The van der Waals surface area contributed by atoms with Crippen molar-refractivity contribution in [1.82, 2.24) is 0 Å². The molecule has 1 aliphatic heterocycles. The van der Waals surface area contributed by atoms with Crippen LogP contribution in [0, 0.1) is 6.92 Å². The maximum Gasteiger partial charge on any atom is 0.416 e. The highest BCUT2D eigenvalue weighted by atomic mass is 19.4. The molecule has 0 spiro atoms. The van der Waals surface area contributed by atoms with Gasteiger partial charge in [-0.2, -0.15) is 13.2 Å². The maximum atomic E-state index is 12.7. The van der Waals surface area contributed by atoms with Gasteiger partial charge in [-0.05, 0) is 49.6 Å². The van der Waals surface area contributed by atoms with Gasteiger partial charge < -0.3 is 4.90 Å². The van der Waals surface area contributed by atoms with Crippen molar-refractivity contribution in [2.45, 2.75) is 31.9 Å². The van der Waals surface area contributed by atoms with Gasteiger partial charge in [0.15, 0.2) is 0 Å². The van der Waals surface area contributed by atoms with Crippen LogP contribution in [0.2, 0.25) is 0 Å². The van der Waals surface area contributed by atoms with E-state index in [-0.39, 0.29) is 5.92 Å². The SMILES string of the molecule is Cc1ccc(N2CCCC(c3ccc(C(F)(F)F)cc3)C2)cc1. The molecule has 23 heavy (non-hydrogen) atoms.